The molecule has 2 aliphatic rings. The SMILES string of the molecule is O=S(=O)(Cc1n[nH]c2c1COCC2)c1ccc(OC2CC2)cc1. The van der Waals surface area contributed by atoms with Crippen LogP contribution in [-0.4, -0.2) is 31.3 Å². The second kappa shape index (κ2) is 5.65. The minimum Gasteiger partial charge on any atom is -0.490 e. The van der Waals surface area contributed by atoms with E-state index in [0.29, 0.717) is 25.0 Å². The van der Waals surface area contributed by atoms with E-state index in [1.165, 1.54) is 0 Å². The number of aromatic nitrogens is 2. The standard InChI is InChI=1S/C16H18N2O4S/c19-23(20,10-16-14-9-21-8-7-15(14)17-18-16)13-5-3-12(4-6-13)22-11-1-2-11/h3-6,11H,1-2,7-10H2,(H,17,18). The average molecular weight is 334 g/mol. The van der Waals surface area contributed by atoms with Gasteiger partial charge in [0.25, 0.3) is 0 Å². The number of benzene rings is 1. The van der Waals surface area contributed by atoms with Gasteiger partial charge in [-0.05, 0) is 37.1 Å². The van der Waals surface area contributed by atoms with E-state index in [1.54, 1.807) is 24.3 Å². The summed E-state index contributed by atoms with van der Waals surface area (Å²) < 4.78 is 36.2. The van der Waals surface area contributed by atoms with Gasteiger partial charge in [0.15, 0.2) is 9.84 Å². The number of nitrogens with one attached hydrogen (secondary N) is 1. The number of hydrogen-bond acceptors (Lipinski definition) is 5. The normalized spacial score (nSPS) is 17.7. The molecule has 0 atom stereocenters. The van der Waals surface area contributed by atoms with Crippen LogP contribution < -0.4 is 4.74 Å². The topological polar surface area (TPSA) is 81.3 Å². The highest BCUT2D eigenvalue weighted by atomic mass is 32.2. The van der Waals surface area contributed by atoms with Crippen LogP contribution in [0.4, 0.5) is 0 Å². The number of aromatic amines is 1. The summed E-state index contributed by atoms with van der Waals surface area (Å²) in [5, 5.41) is 7.09. The van der Waals surface area contributed by atoms with Crippen molar-refractivity contribution in [3.8, 4) is 5.75 Å². The van der Waals surface area contributed by atoms with E-state index >= 15 is 0 Å². The molecule has 0 radical (unpaired) electrons. The van der Waals surface area contributed by atoms with Gasteiger partial charge in [-0.2, -0.15) is 5.10 Å². The third-order valence-corrected chi connectivity index (χ3v) is 5.76. The zero-order valence-electron chi connectivity index (χ0n) is 12.6. The molecule has 1 N–H and O–H groups in total. The lowest BCUT2D eigenvalue weighted by Gasteiger charge is -2.12. The van der Waals surface area contributed by atoms with E-state index in [0.717, 1.165) is 36.3 Å². The van der Waals surface area contributed by atoms with Crippen LogP contribution in [-0.2, 0) is 33.4 Å². The van der Waals surface area contributed by atoms with Crippen LogP contribution in [0.15, 0.2) is 29.2 Å². The van der Waals surface area contributed by atoms with Gasteiger partial charge in [0, 0.05) is 17.7 Å². The van der Waals surface area contributed by atoms with Crippen LogP contribution in [0.2, 0.25) is 0 Å². The Kier molecular flexibility index (Phi) is 3.61. The van der Waals surface area contributed by atoms with Crippen LogP contribution in [0.3, 0.4) is 0 Å². The largest absolute Gasteiger partial charge is 0.490 e. The van der Waals surface area contributed by atoms with Gasteiger partial charge in [0.05, 0.1) is 35.7 Å². The van der Waals surface area contributed by atoms with Crippen molar-refractivity contribution >= 4 is 9.84 Å². The van der Waals surface area contributed by atoms with Crippen molar-refractivity contribution in [3.63, 3.8) is 0 Å². The number of H-pyrrole nitrogens is 1. The van der Waals surface area contributed by atoms with Crippen molar-refractivity contribution in [3.05, 3.63) is 41.2 Å². The smallest absolute Gasteiger partial charge is 0.184 e. The van der Waals surface area contributed by atoms with Gasteiger partial charge in [0.2, 0.25) is 0 Å². The summed E-state index contributed by atoms with van der Waals surface area (Å²) in [5.41, 5.74) is 2.42. The van der Waals surface area contributed by atoms with E-state index in [2.05, 4.69) is 10.2 Å². The molecule has 7 heteroatoms. The Morgan fingerprint density at radius 2 is 2.04 bits per heavy atom. The first-order valence-electron chi connectivity index (χ1n) is 7.74. The summed E-state index contributed by atoms with van der Waals surface area (Å²) >= 11 is 0. The first-order valence-corrected chi connectivity index (χ1v) is 9.39. The summed E-state index contributed by atoms with van der Waals surface area (Å²) in [6.45, 7) is 1.06. The maximum Gasteiger partial charge on any atom is 0.184 e. The molecule has 1 aromatic carbocycles. The molecule has 0 spiro atoms. The molecule has 23 heavy (non-hydrogen) atoms. The number of hydrogen-bond donors (Lipinski definition) is 1. The molecule has 1 aliphatic carbocycles. The molecule has 2 aromatic rings. The molecule has 0 bridgehead atoms. The zero-order valence-corrected chi connectivity index (χ0v) is 13.4. The van der Waals surface area contributed by atoms with Crippen LogP contribution in [0.5, 0.6) is 5.75 Å². The van der Waals surface area contributed by atoms with Gasteiger partial charge >= 0.3 is 0 Å². The van der Waals surface area contributed by atoms with E-state index in [4.69, 9.17) is 9.47 Å². The van der Waals surface area contributed by atoms with E-state index in [9.17, 15) is 8.42 Å². The van der Waals surface area contributed by atoms with Gasteiger partial charge in [-0.1, -0.05) is 0 Å². The first-order chi connectivity index (χ1) is 11.1. The quantitative estimate of drug-likeness (QED) is 0.904. The highest BCUT2D eigenvalue weighted by Gasteiger charge is 2.25. The molecule has 0 unspecified atom stereocenters. The monoisotopic (exact) mass is 334 g/mol. The average Bonchev–Trinajstić information content (AvgIpc) is 3.28. The predicted molar refractivity (Wildman–Crippen MR) is 82.9 cm³/mol. The number of sulfone groups is 1. The fourth-order valence-corrected chi connectivity index (χ4v) is 3.97. The van der Waals surface area contributed by atoms with Crippen LogP contribution in [0, 0.1) is 0 Å². The fraction of sp³-hybridized carbons (Fsp3) is 0.438. The summed E-state index contributed by atoms with van der Waals surface area (Å²) in [4.78, 5) is 0.286. The zero-order chi connectivity index (χ0) is 15.9. The maximum absolute atomic E-state index is 12.6. The van der Waals surface area contributed by atoms with Crippen LogP contribution in [0.25, 0.3) is 0 Å². The fourth-order valence-electron chi connectivity index (χ4n) is 2.66. The highest BCUT2D eigenvalue weighted by molar-refractivity contribution is 7.90. The lowest BCUT2D eigenvalue weighted by Crippen LogP contribution is -2.12. The lowest BCUT2D eigenvalue weighted by molar-refractivity contribution is 0.109. The van der Waals surface area contributed by atoms with Gasteiger partial charge in [-0.15, -0.1) is 0 Å². The first kappa shape index (κ1) is 14.7. The molecule has 2 heterocycles. The van der Waals surface area contributed by atoms with Crippen molar-refractivity contribution in [2.45, 2.75) is 42.6 Å². The molecule has 1 fully saturated rings. The molecule has 6 nitrogen and oxygen atoms in total. The van der Waals surface area contributed by atoms with Crippen molar-refractivity contribution in [1.29, 1.82) is 0 Å². The Morgan fingerprint density at radius 1 is 1.26 bits per heavy atom. The lowest BCUT2D eigenvalue weighted by atomic mass is 10.1. The Hall–Kier alpha value is -1.86. The van der Waals surface area contributed by atoms with Crippen molar-refractivity contribution in [1.82, 2.24) is 10.2 Å². The molecule has 122 valence electrons. The number of ether oxygens (including phenoxy) is 2. The number of nitrogens with zero attached hydrogens (tertiary/aromatic N) is 1. The second-order valence-electron chi connectivity index (χ2n) is 5.98. The molecule has 0 amide bonds. The molecule has 1 saturated carbocycles. The van der Waals surface area contributed by atoms with Crippen molar-refractivity contribution < 1.29 is 17.9 Å². The summed E-state index contributed by atoms with van der Waals surface area (Å²) in [7, 11) is -3.44. The van der Waals surface area contributed by atoms with Gasteiger partial charge in [-0.25, -0.2) is 8.42 Å². The van der Waals surface area contributed by atoms with Crippen LogP contribution >= 0.6 is 0 Å². The van der Waals surface area contributed by atoms with Gasteiger partial charge in [0.1, 0.15) is 5.75 Å². The Balaban J connectivity index is 1.54. The molecular formula is C16H18N2O4S. The van der Waals surface area contributed by atoms with Crippen molar-refractivity contribution in [2.24, 2.45) is 0 Å². The molecule has 1 aromatic heterocycles. The highest BCUT2D eigenvalue weighted by Crippen LogP contribution is 2.28. The van der Waals surface area contributed by atoms with Crippen molar-refractivity contribution in [2.75, 3.05) is 6.61 Å². The Bertz CT molecular complexity index is 807. The Labute approximate surface area is 134 Å². The van der Waals surface area contributed by atoms with E-state index in [1.807, 2.05) is 0 Å². The number of rotatable bonds is 5. The molecule has 4 rings (SSSR count). The minimum atomic E-state index is -3.44. The summed E-state index contributed by atoms with van der Waals surface area (Å²) in [6, 6.07) is 6.63. The van der Waals surface area contributed by atoms with Gasteiger partial charge < -0.3 is 9.47 Å². The van der Waals surface area contributed by atoms with E-state index < -0.39 is 9.84 Å². The molecular weight excluding hydrogens is 316 g/mol. The Morgan fingerprint density at radius 3 is 2.78 bits per heavy atom. The van der Waals surface area contributed by atoms with Crippen LogP contribution in [0.1, 0.15) is 29.8 Å². The second-order valence-corrected chi connectivity index (χ2v) is 7.97. The number of fused-ring (bicyclic) bond motifs is 1. The van der Waals surface area contributed by atoms with E-state index in [-0.39, 0.29) is 10.6 Å². The molecule has 0 saturated heterocycles. The van der Waals surface area contributed by atoms with Gasteiger partial charge in [-0.3, -0.25) is 5.10 Å². The summed E-state index contributed by atoms with van der Waals surface area (Å²) in [6.07, 6.45) is 3.20. The third-order valence-electron chi connectivity index (χ3n) is 4.12. The predicted octanol–water partition coefficient (Wildman–Crippen LogP) is 2.00. The summed E-state index contributed by atoms with van der Waals surface area (Å²) in [5.74, 6) is 0.599. The maximum atomic E-state index is 12.6. The third kappa shape index (κ3) is 3.11. The molecule has 1 aliphatic heterocycles. The minimum absolute atomic E-state index is 0.120.